The van der Waals surface area contributed by atoms with E-state index >= 15 is 8.78 Å². The summed E-state index contributed by atoms with van der Waals surface area (Å²) < 4.78 is 68.4. The van der Waals surface area contributed by atoms with Crippen LogP contribution >= 0.6 is 0 Å². The van der Waals surface area contributed by atoms with Crippen molar-refractivity contribution in [2.75, 3.05) is 39.6 Å². The predicted molar refractivity (Wildman–Crippen MR) is 156 cm³/mol. The van der Waals surface area contributed by atoms with Gasteiger partial charge in [0.2, 0.25) is 0 Å². The van der Waals surface area contributed by atoms with Crippen molar-refractivity contribution in [3.8, 4) is 5.75 Å². The van der Waals surface area contributed by atoms with Crippen LogP contribution in [0.2, 0.25) is 0 Å². The summed E-state index contributed by atoms with van der Waals surface area (Å²) >= 11 is 0. The highest BCUT2D eigenvalue weighted by Crippen LogP contribution is 2.43. The number of para-hydroxylation sites is 1. The number of benzene rings is 2. The average Bonchev–Trinajstić information content (AvgIpc) is 3.29. The van der Waals surface area contributed by atoms with Crippen molar-refractivity contribution < 1.29 is 42.0 Å². The normalized spacial score (nSPS) is 18.9. The van der Waals surface area contributed by atoms with E-state index in [4.69, 9.17) is 24.1 Å². The highest BCUT2D eigenvalue weighted by Gasteiger charge is 2.41. The van der Waals surface area contributed by atoms with Crippen molar-refractivity contribution in [3.05, 3.63) is 64.9 Å². The number of aromatic nitrogens is 1. The van der Waals surface area contributed by atoms with Crippen molar-refractivity contribution in [2.45, 2.75) is 71.0 Å². The van der Waals surface area contributed by atoms with Crippen molar-refractivity contribution in [1.82, 2.24) is 9.88 Å². The van der Waals surface area contributed by atoms with E-state index in [-0.39, 0.29) is 69.1 Å². The smallest absolute Gasteiger partial charge is 0.329 e. The molecule has 0 saturated carbocycles. The van der Waals surface area contributed by atoms with Gasteiger partial charge >= 0.3 is 5.97 Å². The topological polar surface area (TPSA) is 93.3 Å². The van der Waals surface area contributed by atoms with Crippen LogP contribution in [-0.4, -0.2) is 84.5 Å². The molecule has 0 saturated heterocycles. The molecule has 0 radical (unpaired) electrons. The number of carbonyl (C=O) groups is 1. The maximum atomic E-state index is 15.8. The lowest BCUT2D eigenvalue weighted by Gasteiger charge is -2.43. The Balaban J connectivity index is 1.44. The summed E-state index contributed by atoms with van der Waals surface area (Å²) in [5, 5.41) is 9.57. The van der Waals surface area contributed by atoms with Gasteiger partial charge in [0, 0.05) is 46.9 Å². The largest absolute Gasteiger partial charge is 0.491 e. The summed E-state index contributed by atoms with van der Waals surface area (Å²) in [6.07, 6.45) is 0.00689. The lowest BCUT2D eigenvalue weighted by molar-refractivity contribution is -0.143. The van der Waals surface area contributed by atoms with E-state index < -0.39 is 29.3 Å². The Morgan fingerprint density at radius 2 is 1.70 bits per heavy atom. The highest BCUT2D eigenvalue weighted by atomic mass is 19.1. The number of fused-ring (bicyclic) bond motifs is 3. The van der Waals surface area contributed by atoms with Crippen molar-refractivity contribution >= 4 is 16.9 Å². The Morgan fingerprint density at radius 1 is 1.07 bits per heavy atom. The Hall–Kier alpha value is -3.12. The number of alkyl halides is 1. The summed E-state index contributed by atoms with van der Waals surface area (Å²) in [6.45, 7) is 8.67. The number of nitrogens with zero attached hydrogens (tertiary/aromatic N) is 1. The molecule has 4 rings (SSSR count). The molecule has 1 aliphatic heterocycles. The van der Waals surface area contributed by atoms with Gasteiger partial charge in [-0.25, -0.2) is 18.0 Å². The van der Waals surface area contributed by atoms with Crippen molar-refractivity contribution in [2.24, 2.45) is 0 Å². The molecule has 1 aliphatic rings. The maximum absolute atomic E-state index is 15.8. The molecule has 8 nitrogen and oxygen atoms in total. The first-order valence-corrected chi connectivity index (χ1v) is 14.5. The third-order valence-corrected chi connectivity index (χ3v) is 7.63. The molecule has 2 heterocycles. The van der Waals surface area contributed by atoms with Gasteiger partial charge in [-0.2, -0.15) is 0 Å². The molecule has 43 heavy (non-hydrogen) atoms. The number of carboxylic acids is 1. The minimum Gasteiger partial charge on any atom is -0.491 e. The molecular weight excluding hydrogens is 565 g/mol. The molecule has 11 heteroatoms. The molecule has 4 atom stereocenters. The van der Waals surface area contributed by atoms with E-state index in [0.717, 1.165) is 28.6 Å². The lowest BCUT2D eigenvalue weighted by Crippen LogP contribution is -2.48. The number of hydrogen-bond donors (Lipinski definition) is 2. The fourth-order valence-electron chi connectivity index (χ4n) is 5.52. The lowest BCUT2D eigenvalue weighted by atomic mass is 9.87. The van der Waals surface area contributed by atoms with E-state index in [1.165, 1.54) is 13.8 Å². The molecule has 0 fully saturated rings. The van der Waals surface area contributed by atoms with Gasteiger partial charge in [-0.1, -0.05) is 18.2 Å². The molecular formula is C32H41F3N2O6. The van der Waals surface area contributed by atoms with Gasteiger partial charge in [0.05, 0.1) is 38.1 Å². The summed E-state index contributed by atoms with van der Waals surface area (Å²) in [7, 11) is 0. The standard InChI is InChI=1S/C32H41F3N2O6/c1-19-14-24-23-8-6-7-9-27(23)36-30(24)31(37(19)18-32(4,5)35)29-25(33)15-22(16-26(29)34)43-13-12-42-21(3)20(2)41-11-10-40-17-28(38)39/h6-9,15-16,19-21,31,36H,10-14,17-18H2,1-5H3,(H,38,39)/t19-,20?,21?,31-/m1/s1. The number of hydrogen-bond acceptors (Lipinski definition) is 6. The second kappa shape index (κ2) is 14.1. The van der Waals surface area contributed by atoms with Crippen molar-refractivity contribution in [3.63, 3.8) is 0 Å². The van der Waals surface area contributed by atoms with Gasteiger partial charge < -0.3 is 29.0 Å². The van der Waals surface area contributed by atoms with Gasteiger partial charge in [-0.15, -0.1) is 0 Å². The fourth-order valence-corrected chi connectivity index (χ4v) is 5.52. The van der Waals surface area contributed by atoms with Crippen molar-refractivity contribution in [1.29, 1.82) is 0 Å². The van der Waals surface area contributed by atoms with Crippen LogP contribution in [0.3, 0.4) is 0 Å². The number of rotatable bonds is 15. The van der Waals surface area contributed by atoms with E-state index in [1.807, 2.05) is 49.9 Å². The van der Waals surface area contributed by atoms with Crippen LogP contribution in [0.5, 0.6) is 5.75 Å². The SMILES string of the molecule is CC(OCCOCC(=O)O)C(C)OCCOc1cc(F)c([C@@H]2c3[nH]c4ccccc4c3C[C@@H](C)N2CC(C)(C)F)c(F)c1. The minimum atomic E-state index is -1.58. The van der Waals surface area contributed by atoms with Gasteiger partial charge in [-0.05, 0) is 52.7 Å². The maximum Gasteiger partial charge on any atom is 0.329 e. The summed E-state index contributed by atoms with van der Waals surface area (Å²) in [4.78, 5) is 15.7. The molecule has 2 unspecified atom stereocenters. The highest BCUT2D eigenvalue weighted by molar-refractivity contribution is 5.85. The number of aliphatic carboxylic acids is 1. The van der Waals surface area contributed by atoms with Gasteiger partial charge in [-0.3, -0.25) is 4.90 Å². The van der Waals surface area contributed by atoms with Crippen LogP contribution in [0, 0.1) is 11.6 Å². The number of carboxylic acid groups (broad SMARTS) is 1. The van der Waals surface area contributed by atoms with Crippen LogP contribution in [0.1, 0.15) is 57.5 Å². The van der Waals surface area contributed by atoms with Crippen LogP contribution in [0.4, 0.5) is 13.2 Å². The van der Waals surface area contributed by atoms with Gasteiger partial charge in [0.25, 0.3) is 0 Å². The Kier molecular flexibility index (Phi) is 10.8. The fraction of sp³-hybridized carbons (Fsp3) is 0.531. The Morgan fingerprint density at radius 3 is 2.33 bits per heavy atom. The van der Waals surface area contributed by atoms with E-state index in [9.17, 15) is 9.18 Å². The first-order chi connectivity index (χ1) is 20.4. The minimum absolute atomic E-state index is 0.00219. The second-order valence-corrected chi connectivity index (χ2v) is 11.7. The summed E-state index contributed by atoms with van der Waals surface area (Å²) in [6, 6.07) is 9.04. The van der Waals surface area contributed by atoms with E-state index in [0.29, 0.717) is 12.1 Å². The van der Waals surface area contributed by atoms with Gasteiger partial charge in [0.1, 0.15) is 36.3 Å². The summed E-state index contributed by atoms with van der Waals surface area (Å²) in [5.41, 5.74) is 0.783. The van der Waals surface area contributed by atoms with Crippen LogP contribution in [0.25, 0.3) is 10.9 Å². The molecule has 2 N–H and O–H groups in total. The zero-order valence-electron chi connectivity index (χ0n) is 25.3. The Labute approximate surface area is 250 Å². The van der Waals surface area contributed by atoms with Crippen LogP contribution < -0.4 is 4.74 Å². The number of nitrogens with one attached hydrogen (secondary N) is 1. The number of ether oxygens (including phenoxy) is 4. The quantitative estimate of drug-likeness (QED) is 0.211. The van der Waals surface area contributed by atoms with Gasteiger partial charge in [0.15, 0.2) is 0 Å². The zero-order chi connectivity index (χ0) is 31.3. The third kappa shape index (κ3) is 8.29. The number of halogens is 3. The molecule has 2 aromatic carbocycles. The molecule has 236 valence electrons. The molecule has 0 amide bonds. The number of aromatic amines is 1. The van der Waals surface area contributed by atoms with E-state index in [1.54, 1.807) is 0 Å². The first kappa shape index (κ1) is 32.8. The monoisotopic (exact) mass is 606 g/mol. The zero-order valence-corrected chi connectivity index (χ0v) is 25.3. The van der Waals surface area contributed by atoms with E-state index in [2.05, 4.69) is 4.98 Å². The molecule has 1 aromatic heterocycles. The Bertz CT molecular complexity index is 1370. The molecule has 0 aliphatic carbocycles. The summed E-state index contributed by atoms with van der Waals surface area (Å²) in [5.74, 6) is -2.58. The molecule has 0 bridgehead atoms. The average molecular weight is 607 g/mol. The second-order valence-electron chi connectivity index (χ2n) is 11.7. The van der Waals surface area contributed by atoms with Crippen LogP contribution in [0.15, 0.2) is 36.4 Å². The predicted octanol–water partition coefficient (Wildman–Crippen LogP) is 5.82. The molecule has 3 aromatic rings. The van der Waals surface area contributed by atoms with Crippen LogP contribution in [-0.2, 0) is 25.4 Å². The first-order valence-electron chi connectivity index (χ1n) is 14.5. The number of H-pyrrole nitrogens is 1. The third-order valence-electron chi connectivity index (χ3n) is 7.63. The molecule has 0 spiro atoms.